The maximum atomic E-state index is 14.2. The van der Waals surface area contributed by atoms with Crippen LogP contribution in [-0.2, 0) is 6.42 Å². The van der Waals surface area contributed by atoms with Crippen LogP contribution in [0.5, 0.6) is 0 Å². The highest BCUT2D eigenvalue weighted by Gasteiger charge is 2.16. The Labute approximate surface area is 128 Å². The molecule has 106 valence electrons. The molecule has 1 nitrogen and oxygen atoms in total. The molecular formula is C17H19BrFN. The Morgan fingerprint density at radius 3 is 2.40 bits per heavy atom. The molecule has 0 saturated heterocycles. The van der Waals surface area contributed by atoms with Crippen molar-refractivity contribution in [2.45, 2.75) is 26.3 Å². The highest BCUT2D eigenvalue weighted by molar-refractivity contribution is 9.10. The number of rotatable bonds is 4. The molecule has 0 heterocycles. The van der Waals surface area contributed by atoms with E-state index >= 15 is 0 Å². The molecule has 0 spiro atoms. The van der Waals surface area contributed by atoms with Crippen LogP contribution in [-0.4, -0.2) is 7.05 Å². The highest BCUT2D eigenvalue weighted by atomic mass is 79.9. The minimum absolute atomic E-state index is 0.0336. The van der Waals surface area contributed by atoms with E-state index in [1.807, 2.05) is 19.2 Å². The average Bonchev–Trinajstić information content (AvgIpc) is 2.38. The van der Waals surface area contributed by atoms with E-state index in [0.29, 0.717) is 10.0 Å². The van der Waals surface area contributed by atoms with Crippen LogP contribution in [0.4, 0.5) is 4.39 Å². The second-order valence-corrected chi connectivity index (χ2v) is 6.04. The van der Waals surface area contributed by atoms with Gasteiger partial charge in [-0.3, -0.25) is 0 Å². The predicted molar refractivity (Wildman–Crippen MR) is 85.5 cm³/mol. The normalized spacial score (nSPS) is 12.4. The van der Waals surface area contributed by atoms with Gasteiger partial charge in [-0.2, -0.15) is 0 Å². The maximum absolute atomic E-state index is 14.2. The molecule has 1 N–H and O–H groups in total. The Morgan fingerprint density at radius 1 is 1.15 bits per heavy atom. The van der Waals surface area contributed by atoms with Gasteiger partial charge in [-0.1, -0.05) is 41.5 Å². The number of hydrogen-bond donors (Lipinski definition) is 1. The Hall–Kier alpha value is -1.19. The van der Waals surface area contributed by atoms with Crippen molar-refractivity contribution in [1.29, 1.82) is 0 Å². The minimum Gasteiger partial charge on any atom is -0.313 e. The number of nitrogens with one attached hydrogen (secondary N) is 1. The van der Waals surface area contributed by atoms with E-state index in [1.165, 1.54) is 16.7 Å². The molecule has 2 rings (SSSR count). The monoisotopic (exact) mass is 335 g/mol. The van der Waals surface area contributed by atoms with E-state index < -0.39 is 0 Å². The first kappa shape index (κ1) is 15.2. The largest absolute Gasteiger partial charge is 0.313 e. The molecule has 20 heavy (non-hydrogen) atoms. The fraction of sp³-hybridized carbons (Fsp3) is 0.294. The minimum atomic E-state index is -0.184. The molecule has 0 bridgehead atoms. The third-order valence-corrected chi connectivity index (χ3v) is 4.04. The van der Waals surface area contributed by atoms with E-state index in [9.17, 15) is 4.39 Å². The zero-order chi connectivity index (χ0) is 14.7. The van der Waals surface area contributed by atoms with Gasteiger partial charge in [0.05, 0.1) is 4.47 Å². The highest BCUT2D eigenvalue weighted by Crippen LogP contribution is 2.26. The summed E-state index contributed by atoms with van der Waals surface area (Å²) in [5, 5.41) is 3.21. The van der Waals surface area contributed by atoms with Crippen molar-refractivity contribution >= 4 is 15.9 Å². The summed E-state index contributed by atoms with van der Waals surface area (Å²) in [6.07, 6.45) is 0.770. The first-order valence-corrected chi connectivity index (χ1v) is 7.49. The Morgan fingerprint density at radius 2 is 1.80 bits per heavy atom. The topological polar surface area (TPSA) is 12.0 Å². The fourth-order valence-electron chi connectivity index (χ4n) is 2.58. The van der Waals surface area contributed by atoms with Gasteiger partial charge in [0.15, 0.2) is 0 Å². The predicted octanol–water partition coefficient (Wildman–Crippen LogP) is 4.71. The molecule has 3 heteroatoms. The van der Waals surface area contributed by atoms with Crippen LogP contribution in [0, 0.1) is 19.7 Å². The van der Waals surface area contributed by atoms with Gasteiger partial charge in [-0.05, 0) is 54.9 Å². The molecule has 2 aromatic carbocycles. The smallest absolute Gasteiger partial charge is 0.142 e. The second kappa shape index (κ2) is 6.51. The zero-order valence-corrected chi connectivity index (χ0v) is 13.6. The number of likely N-dealkylation sites (N-methyl/N-ethyl adjacent to an activating group) is 1. The number of aryl methyl sites for hydroxylation is 2. The first-order chi connectivity index (χ1) is 9.51. The SMILES string of the molecule is CNC(Cc1cc(C)cc(C)c1)c1cccc(Br)c1F. The molecule has 0 fully saturated rings. The van der Waals surface area contributed by atoms with Crippen LogP contribution in [0.25, 0.3) is 0 Å². The standard InChI is InChI=1S/C17H19BrFN/c1-11-7-12(2)9-13(8-11)10-16(20-3)14-5-4-6-15(18)17(14)19/h4-9,16,20H,10H2,1-3H3. The van der Waals surface area contributed by atoms with Gasteiger partial charge in [0, 0.05) is 11.6 Å². The third kappa shape index (κ3) is 3.47. The summed E-state index contributed by atoms with van der Waals surface area (Å²) in [5.74, 6) is -0.184. The summed E-state index contributed by atoms with van der Waals surface area (Å²) >= 11 is 3.25. The van der Waals surface area contributed by atoms with Crippen LogP contribution in [0.15, 0.2) is 40.9 Å². The van der Waals surface area contributed by atoms with Crippen molar-refractivity contribution in [3.05, 3.63) is 68.9 Å². The van der Waals surface area contributed by atoms with Gasteiger partial charge in [-0.25, -0.2) is 4.39 Å². The zero-order valence-electron chi connectivity index (χ0n) is 12.0. The van der Waals surface area contributed by atoms with Gasteiger partial charge < -0.3 is 5.32 Å². The van der Waals surface area contributed by atoms with Crippen molar-refractivity contribution in [1.82, 2.24) is 5.32 Å². The lowest BCUT2D eigenvalue weighted by molar-refractivity contribution is 0.530. The summed E-state index contributed by atoms with van der Waals surface area (Å²) in [6.45, 7) is 4.18. The lowest BCUT2D eigenvalue weighted by atomic mass is 9.96. The molecule has 0 aliphatic heterocycles. The first-order valence-electron chi connectivity index (χ1n) is 6.69. The van der Waals surface area contributed by atoms with Crippen LogP contribution in [0.3, 0.4) is 0 Å². The molecule has 1 atom stereocenters. The molecule has 0 aliphatic rings. The summed E-state index contributed by atoms with van der Waals surface area (Å²) in [7, 11) is 1.87. The molecule has 0 amide bonds. The summed E-state index contributed by atoms with van der Waals surface area (Å²) < 4.78 is 14.7. The third-order valence-electron chi connectivity index (χ3n) is 3.43. The Balaban J connectivity index is 2.31. The van der Waals surface area contributed by atoms with Gasteiger partial charge in [0.1, 0.15) is 5.82 Å². The summed E-state index contributed by atoms with van der Waals surface area (Å²) in [6, 6.07) is 11.9. The second-order valence-electron chi connectivity index (χ2n) is 5.18. The van der Waals surface area contributed by atoms with Gasteiger partial charge in [0.25, 0.3) is 0 Å². The van der Waals surface area contributed by atoms with Crippen LogP contribution in [0.1, 0.15) is 28.3 Å². The van der Waals surface area contributed by atoms with Crippen molar-refractivity contribution in [2.24, 2.45) is 0 Å². The van der Waals surface area contributed by atoms with E-state index in [0.717, 1.165) is 6.42 Å². The van der Waals surface area contributed by atoms with Crippen molar-refractivity contribution < 1.29 is 4.39 Å². The van der Waals surface area contributed by atoms with E-state index in [4.69, 9.17) is 0 Å². The van der Waals surface area contributed by atoms with Crippen molar-refractivity contribution in [3.8, 4) is 0 Å². The average molecular weight is 336 g/mol. The van der Waals surface area contributed by atoms with Crippen LogP contribution < -0.4 is 5.32 Å². The molecule has 0 radical (unpaired) electrons. The molecule has 0 aliphatic carbocycles. The lowest BCUT2D eigenvalue weighted by Gasteiger charge is -2.18. The molecule has 0 saturated carbocycles. The van der Waals surface area contributed by atoms with Gasteiger partial charge in [-0.15, -0.1) is 0 Å². The van der Waals surface area contributed by atoms with Crippen molar-refractivity contribution in [3.63, 3.8) is 0 Å². The summed E-state index contributed by atoms with van der Waals surface area (Å²) in [4.78, 5) is 0. The number of hydrogen-bond acceptors (Lipinski definition) is 1. The van der Waals surface area contributed by atoms with E-state index in [2.05, 4.69) is 53.3 Å². The summed E-state index contributed by atoms with van der Waals surface area (Å²) in [5.41, 5.74) is 4.40. The van der Waals surface area contributed by atoms with Gasteiger partial charge in [0.2, 0.25) is 0 Å². The lowest BCUT2D eigenvalue weighted by Crippen LogP contribution is -2.20. The van der Waals surface area contributed by atoms with Crippen LogP contribution >= 0.6 is 15.9 Å². The molecule has 0 aromatic heterocycles. The maximum Gasteiger partial charge on any atom is 0.142 e. The molecular weight excluding hydrogens is 317 g/mol. The molecule has 2 aromatic rings. The fourth-order valence-corrected chi connectivity index (χ4v) is 2.96. The van der Waals surface area contributed by atoms with Crippen LogP contribution in [0.2, 0.25) is 0 Å². The van der Waals surface area contributed by atoms with Gasteiger partial charge >= 0.3 is 0 Å². The Kier molecular flexibility index (Phi) is 4.95. The van der Waals surface area contributed by atoms with E-state index in [-0.39, 0.29) is 11.9 Å². The number of benzene rings is 2. The van der Waals surface area contributed by atoms with E-state index in [1.54, 1.807) is 6.07 Å². The van der Waals surface area contributed by atoms with Crippen molar-refractivity contribution in [2.75, 3.05) is 7.05 Å². The molecule has 1 unspecified atom stereocenters. The Bertz CT molecular complexity index is 590. The number of halogens is 2. The quantitative estimate of drug-likeness (QED) is 0.853.